The van der Waals surface area contributed by atoms with E-state index in [2.05, 4.69) is 24.1 Å². The van der Waals surface area contributed by atoms with Crippen LogP contribution in [0.4, 0.5) is 0 Å². The molecule has 0 amide bonds. The Morgan fingerprint density at radius 1 is 1.47 bits per heavy atom. The molecule has 0 spiro atoms. The molecular formula is C12H20N2O. The molecule has 0 saturated heterocycles. The number of pyridine rings is 1. The first-order valence-electron chi connectivity index (χ1n) is 5.50. The van der Waals surface area contributed by atoms with E-state index in [0.29, 0.717) is 6.42 Å². The lowest BCUT2D eigenvalue weighted by atomic mass is 9.93. The lowest BCUT2D eigenvalue weighted by molar-refractivity contribution is 0.218. The summed E-state index contributed by atoms with van der Waals surface area (Å²) in [7, 11) is 0. The van der Waals surface area contributed by atoms with E-state index >= 15 is 0 Å². The van der Waals surface area contributed by atoms with Crippen molar-refractivity contribution < 1.29 is 5.11 Å². The average Bonchev–Trinajstić information content (AvgIpc) is 2.28. The van der Waals surface area contributed by atoms with Crippen LogP contribution in [0.3, 0.4) is 0 Å². The van der Waals surface area contributed by atoms with Gasteiger partial charge in [0, 0.05) is 12.8 Å². The Morgan fingerprint density at radius 2 is 2.27 bits per heavy atom. The minimum atomic E-state index is -0.216. The van der Waals surface area contributed by atoms with Crippen molar-refractivity contribution in [2.24, 2.45) is 0 Å². The monoisotopic (exact) mass is 208 g/mol. The summed E-state index contributed by atoms with van der Waals surface area (Å²) in [6, 6.07) is 5.88. The van der Waals surface area contributed by atoms with E-state index in [0.717, 1.165) is 18.7 Å². The van der Waals surface area contributed by atoms with Crippen molar-refractivity contribution in [3.8, 4) is 0 Å². The zero-order valence-corrected chi connectivity index (χ0v) is 9.53. The molecule has 0 aliphatic carbocycles. The van der Waals surface area contributed by atoms with Crippen LogP contribution in [-0.4, -0.2) is 23.2 Å². The van der Waals surface area contributed by atoms with Gasteiger partial charge in [-0.05, 0) is 38.4 Å². The third-order valence-corrected chi connectivity index (χ3v) is 2.61. The third-order valence-electron chi connectivity index (χ3n) is 2.61. The predicted molar refractivity (Wildman–Crippen MR) is 61.6 cm³/mol. The lowest BCUT2D eigenvalue weighted by Crippen LogP contribution is -2.41. The number of nitrogens with one attached hydrogen (secondary N) is 1. The molecule has 0 aromatic carbocycles. The average molecular weight is 208 g/mol. The van der Waals surface area contributed by atoms with E-state index in [1.807, 2.05) is 18.2 Å². The molecule has 0 fully saturated rings. The number of aromatic nitrogens is 1. The smallest absolute Gasteiger partial charge is 0.0602 e. The van der Waals surface area contributed by atoms with Crippen molar-refractivity contribution in [3.05, 3.63) is 30.1 Å². The number of aliphatic hydroxyl groups excluding tert-OH is 1. The largest absolute Gasteiger partial charge is 0.396 e. The maximum absolute atomic E-state index is 9.09. The molecule has 1 aromatic rings. The molecule has 0 bridgehead atoms. The molecule has 3 nitrogen and oxygen atoms in total. The summed E-state index contributed by atoms with van der Waals surface area (Å²) in [4.78, 5) is 4.35. The van der Waals surface area contributed by atoms with Crippen molar-refractivity contribution in [2.45, 2.75) is 32.2 Å². The van der Waals surface area contributed by atoms with Crippen molar-refractivity contribution >= 4 is 0 Å². The van der Waals surface area contributed by atoms with Gasteiger partial charge in [-0.15, -0.1) is 0 Å². The van der Waals surface area contributed by atoms with Crippen molar-refractivity contribution in [2.75, 3.05) is 13.2 Å². The molecular weight excluding hydrogens is 188 g/mol. The van der Waals surface area contributed by atoms with Crippen LogP contribution >= 0.6 is 0 Å². The minimum Gasteiger partial charge on any atom is -0.396 e. The van der Waals surface area contributed by atoms with Gasteiger partial charge in [-0.2, -0.15) is 0 Å². The first-order chi connectivity index (χ1) is 7.23. The molecule has 0 aliphatic heterocycles. The summed E-state index contributed by atoms with van der Waals surface area (Å²) >= 11 is 0. The molecule has 1 atom stereocenters. The first-order valence-corrected chi connectivity index (χ1v) is 5.50. The van der Waals surface area contributed by atoms with Gasteiger partial charge in [0.05, 0.1) is 11.2 Å². The number of aliphatic hydroxyl groups is 1. The second kappa shape index (κ2) is 5.83. The number of nitrogens with zero attached hydrogens (tertiary/aromatic N) is 1. The van der Waals surface area contributed by atoms with Crippen LogP contribution in [0.25, 0.3) is 0 Å². The van der Waals surface area contributed by atoms with Gasteiger partial charge in [-0.3, -0.25) is 4.98 Å². The number of hydrogen-bond acceptors (Lipinski definition) is 3. The Labute approximate surface area is 91.5 Å². The summed E-state index contributed by atoms with van der Waals surface area (Å²) in [5, 5.41) is 12.5. The van der Waals surface area contributed by atoms with E-state index in [1.165, 1.54) is 0 Å². The van der Waals surface area contributed by atoms with Gasteiger partial charge >= 0.3 is 0 Å². The Hall–Kier alpha value is -0.930. The zero-order valence-electron chi connectivity index (χ0n) is 9.53. The quantitative estimate of drug-likeness (QED) is 0.747. The van der Waals surface area contributed by atoms with Gasteiger partial charge in [0.1, 0.15) is 0 Å². The van der Waals surface area contributed by atoms with Crippen molar-refractivity contribution in [1.82, 2.24) is 10.3 Å². The molecule has 3 heteroatoms. The van der Waals surface area contributed by atoms with Gasteiger partial charge in [-0.25, -0.2) is 0 Å². The summed E-state index contributed by atoms with van der Waals surface area (Å²) in [6.07, 6.45) is 3.55. The molecule has 1 heterocycles. The molecule has 1 unspecified atom stereocenters. The highest BCUT2D eigenvalue weighted by atomic mass is 16.3. The van der Waals surface area contributed by atoms with E-state index < -0.39 is 0 Å². The van der Waals surface area contributed by atoms with Crippen LogP contribution in [0.15, 0.2) is 24.4 Å². The summed E-state index contributed by atoms with van der Waals surface area (Å²) < 4.78 is 0. The summed E-state index contributed by atoms with van der Waals surface area (Å²) in [5.41, 5.74) is 0.777. The fraction of sp³-hybridized carbons (Fsp3) is 0.583. The fourth-order valence-corrected chi connectivity index (χ4v) is 1.62. The van der Waals surface area contributed by atoms with Gasteiger partial charge in [0.15, 0.2) is 0 Å². The van der Waals surface area contributed by atoms with E-state index in [1.54, 1.807) is 6.20 Å². The van der Waals surface area contributed by atoms with E-state index in [4.69, 9.17) is 5.11 Å². The van der Waals surface area contributed by atoms with E-state index in [9.17, 15) is 0 Å². The maximum Gasteiger partial charge on any atom is 0.0602 e. The predicted octanol–water partition coefficient (Wildman–Crippen LogP) is 1.68. The van der Waals surface area contributed by atoms with Crippen LogP contribution < -0.4 is 5.32 Å². The van der Waals surface area contributed by atoms with Gasteiger partial charge in [-0.1, -0.05) is 13.0 Å². The molecule has 84 valence electrons. The van der Waals surface area contributed by atoms with Gasteiger partial charge < -0.3 is 10.4 Å². The summed E-state index contributed by atoms with van der Waals surface area (Å²) in [5.74, 6) is 0. The fourth-order valence-electron chi connectivity index (χ4n) is 1.62. The Morgan fingerprint density at radius 3 is 2.80 bits per heavy atom. The van der Waals surface area contributed by atoms with Crippen LogP contribution in [0.1, 0.15) is 32.4 Å². The molecule has 1 rings (SSSR count). The summed E-state index contributed by atoms with van der Waals surface area (Å²) in [6.45, 7) is 5.32. The topological polar surface area (TPSA) is 45.1 Å². The van der Waals surface area contributed by atoms with Gasteiger partial charge in [0.2, 0.25) is 0 Å². The SMILES string of the molecule is CCCNC(C)(CCO)c1ccccn1. The Balaban J connectivity index is 2.80. The second-order valence-electron chi connectivity index (χ2n) is 3.95. The second-order valence-corrected chi connectivity index (χ2v) is 3.95. The Kier molecular flexibility index (Phi) is 4.72. The highest BCUT2D eigenvalue weighted by molar-refractivity contribution is 5.14. The van der Waals surface area contributed by atoms with Crippen molar-refractivity contribution in [1.29, 1.82) is 0 Å². The van der Waals surface area contributed by atoms with Crippen molar-refractivity contribution in [3.63, 3.8) is 0 Å². The van der Waals surface area contributed by atoms with Crippen LogP contribution in [-0.2, 0) is 5.54 Å². The molecule has 0 radical (unpaired) electrons. The van der Waals surface area contributed by atoms with Gasteiger partial charge in [0.25, 0.3) is 0 Å². The molecule has 1 aromatic heterocycles. The molecule has 2 N–H and O–H groups in total. The first kappa shape index (κ1) is 12.1. The highest BCUT2D eigenvalue weighted by Crippen LogP contribution is 2.21. The zero-order chi connectivity index (χ0) is 11.1. The Bertz CT molecular complexity index is 276. The third kappa shape index (κ3) is 3.29. The molecule has 0 aliphatic rings. The normalized spacial score (nSPS) is 14.9. The van der Waals surface area contributed by atoms with Crippen LogP contribution in [0.2, 0.25) is 0 Å². The minimum absolute atomic E-state index is 0.170. The van der Waals surface area contributed by atoms with Crippen LogP contribution in [0.5, 0.6) is 0 Å². The van der Waals surface area contributed by atoms with E-state index in [-0.39, 0.29) is 12.1 Å². The molecule has 15 heavy (non-hydrogen) atoms. The maximum atomic E-state index is 9.09. The highest BCUT2D eigenvalue weighted by Gasteiger charge is 2.25. The number of rotatable bonds is 6. The number of hydrogen-bond donors (Lipinski definition) is 2. The molecule has 0 saturated carbocycles. The standard InChI is InChI=1S/C12H20N2O/c1-3-8-14-12(2,7-10-15)11-6-4-5-9-13-11/h4-6,9,14-15H,3,7-8,10H2,1-2H3. The van der Waals surface area contributed by atoms with Crippen LogP contribution in [0, 0.1) is 0 Å². The lowest BCUT2D eigenvalue weighted by Gasteiger charge is -2.29.